The van der Waals surface area contributed by atoms with E-state index in [2.05, 4.69) is 6.58 Å². The molecule has 0 atom stereocenters. The zero-order chi connectivity index (χ0) is 7.28. The van der Waals surface area contributed by atoms with Gasteiger partial charge in [0.05, 0.1) is 0 Å². The van der Waals surface area contributed by atoms with Gasteiger partial charge in [-0.15, -0.1) is 0 Å². The fraction of sp³-hybridized carbons (Fsp3) is 0.375. The summed E-state index contributed by atoms with van der Waals surface area (Å²) in [6, 6.07) is 0. The van der Waals surface area contributed by atoms with Crippen LogP contribution in [0.15, 0.2) is 24.3 Å². The molecule has 0 spiro atoms. The van der Waals surface area contributed by atoms with Gasteiger partial charge in [-0.3, -0.25) is 4.79 Å². The van der Waals surface area contributed by atoms with Crippen molar-refractivity contribution in [3.05, 3.63) is 24.3 Å². The minimum atomic E-state index is 0.0249. The molecule has 1 heteroatoms. The van der Waals surface area contributed by atoms with Crippen LogP contribution in [-0.2, 0) is 4.79 Å². The van der Waals surface area contributed by atoms with Crippen molar-refractivity contribution in [1.82, 2.24) is 0 Å². The molecule has 50 valence electrons. The molecule has 0 radical (unpaired) electrons. The van der Waals surface area contributed by atoms with E-state index >= 15 is 0 Å². The Kier molecular flexibility index (Phi) is 3.69. The quantitative estimate of drug-likeness (QED) is 0.526. The van der Waals surface area contributed by atoms with Crippen molar-refractivity contribution >= 4 is 5.78 Å². The zero-order valence-corrected chi connectivity index (χ0v) is 5.98. The average molecular weight is 124 g/mol. The normalized spacial score (nSPS) is 11.1. The van der Waals surface area contributed by atoms with Gasteiger partial charge in [-0.1, -0.05) is 19.6 Å². The number of allylic oxidation sites excluding steroid dienone is 3. The third kappa shape index (κ3) is 2.85. The number of ketones is 1. The lowest BCUT2D eigenvalue weighted by Crippen LogP contribution is -1.92. The number of carbonyl (C=O) groups excluding carboxylic acids is 1. The Labute approximate surface area is 56.1 Å². The molecule has 0 aromatic carbocycles. The van der Waals surface area contributed by atoms with Crippen molar-refractivity contribution in [2.24, 2.45) is 0 Å². The second-order valence-electron chi connectivity index (χ2n) is 1.86. The molecule has 0 aromatic heterocycles. The molecule has 0 heterocycles. The summed E-state index contributed by atoms with van der Waals surface area (Å²) in [5.74, 6) is 0.0249. The van der Waals surface area contributed by atoms with Gasteiger partial charge in [0.25, 0.3) is 0 Å². The first kappa shape index (κ1) is 8.15. The van der Waals surface area contributed by atoms with Gasteiger partial charge in [0, 0.05) is 0 Å². The molecule has 0 aliphatic rings. The van der Waals surface area contributed by atoms with Crippen molar-refractivity contribution in [3.8, 4) is 0 Å². The highest BCUT2D eigenvalue weighted by molar-refractivity contribution is 6.02. The summed E-state index contributed by atoms with van der Waals surface area (Å²) < 4.78 is 0. The number of hydrogen-bond acceptors (Lipinski definition) is 1. The van der Waals surface area contributed by atoms with Gasteiger partial charge in [-0.05, 0) is 25.0 Å². The molecule has 0 saturated carbocycles. The summed E-state index contributed by atoms with van der Waals surface area (Å²) in [7, 11) is 0. The van der Waals surface area contributed by atoms with Crippen LogP contribution in [0.1, 0.15) is 20.3 Å². The second kappa shape index (κ2) is 4.07. The molecule has 0 N–H and O–H groups in total. The minimum absolute atomic E-state index is 0.0249. The van der Waals surface area contributed by atoms with E-state index in [1.165, 1.54) is 6.08 Å². The standard InChI is InChI=1S/C8H12O/c1-4-6-7(3)8(9)5-2/h5-6H,2,4H2,1,3H3. The van der Waals surface area contributed by atoms with Crippen LogP contribution < -0.4 is 0 Å². The van der Waals surface area contributed by atoms with E-state index in [1.807, 2.05) is 13.0 Å². The Morgan fingerprint density at radius 2 is 2.22 bits per heavy atom. The van der Waals surface area contributed by atoms with Gasteiger partial charge in [0.15, 0.2) is 5.78 Å². The minimum Gasteiger partial charge on any atom is -0.290 e. The molecular formula is C8H12O. The maximum absolute atomic E-state index is 10.7. The predicted octanol–water partition coefficient (Wildman–Crippen LogP) is 2.10. The first-order chi connectivity index (χ1) is 4.22. The molecule has 0 fully saturated rings. The van der Waals surface area contributed by atoms with Crippen LogP contribution in [0.4, 0.5) is 0 Å². The van der Waals surface area contributed by atoms with Crippen molar-refractivity contribution in [2.45, 2.75) is 20.3 Å². The van der Waals surface area contributed by atoms with Gasteiger partial charge in [0.2, 0.25) is 0 Å². The number of hydrogen-bond donors (Lipinski definition) is 0. The maximum atomic E-state index is 10.7. The van der Waals surface area contributed by atoms with Crippen molar-refractivity contribution in [1.29, 1.82) is 0 Å². The smallest absolute Gasteiger partial charge is 0.180 e. The summed E-state index contributed by atoms with van der Waals surface area (Å²) in [5, 5.41) is 0. The first-order valence-electron chi connectivity index (χ1n) is 3.06. The molecule has 0 aliphatic heterocycles. The molecule has 0 saturated heterocycles. The molecular weight excluding hydrogens is 112 g/mol. The zero-order valence-electron chi connectivity index (χ0n) is 5.98. The Morgan fingerprint density at radius 1 is 1.67 bits per heavy atom. The van der Waals surface area contributed by atoms with Crippen LogP contribution in [0.25, 0.3) is 0 Å². The summed E-state index contributed by atoms with van der Waals surface area (Å²) in [5.41, 5.74) is 0.785. The topological polar surface area (TPSA) is 17.1 Å². The largest absolute Gasteiger partial charge is 0.290 e. The highest BCUT2D eigenvalue weighted by Gasteiger charge is 1.94. The molecule has 0 unspecified atom stereocenters. The van der Waals surface area contributed by atoms with Crippen LogP contribution in [0, 0.1) is 0 Å². The van der Waals surface area contributed by atoms with E-state index in [1.54, 1.807) is 6.92 Å². The SMILES string of the molecule is C=CC(=O)C(C)=CCC. The molecule has 9 heavy (non-hydrogen) atoms. The van der Waals surface area contributed by atoms with Crippen molar-refractivity contribution in [2.75, 3.05) is 0 Å². The lowest BCUT2D eigenvalue weighted by Gasteiger charge is -1.90. The molecule has 0 aliphatic carbocycles. The molecule has 0 rings (SSSR count). The lowest BCUT2D eigenvalue weighted by molar-refractivity contribution is -0.111. The monoisotopic (exact) mass is 124 g/mol. The predicted molar refractivity (Wildman–Crippen MR) is 39.3 cm³/mol. The lowest BCUT2D eigenvalue weighted by atomic mass is 10.2. The van der Waals surface area contributed by atoms with Gasteiger partial charge in [-0.2, -0.15) is 0 Å². The maximum Gasteiger partial charge on any atom is 0.180 e. The number of rotatable bonds is 3. The van der Waals surface area contributed by atoms with E-state index in [9.17, 15) is 4.79 Å². The molecule has 1 nitrogen and oxygen atoms in total. The van der Waals surface area contributed by atoms with Crippen molar-refractivity contribution < 1.29 is 4.79 Å². The Balaban J connectivity index is 4.01. The third-order valence-electron chi connectivity index (χ3n) is 1.08. The Morgan fingerprint density at radius 3 is 2.56 bits per heavy atom. The Hall–Kier alpha value is -0.850. The van der Waals surface area contributed by atoms with E-state index in [0.717, 1.165) is 12.0 Å². The summed E-state index contributed by atoms with van der Waals surface area (Å²) in [4.78, 5) is 10.7. The molecule has 0 aromatic rings. The third-order valence-corrected chi connectivity index (χ3v) is 1.08. The summed E-state index contributed by atoms with van der Waals surface area (Å²) in [6.45, 7) is 7.17. The summed E-state index contributed by atoms with van der Waals surface area (Å²) >= 11 is 0. The van der Waals surface area contributed by atoms with Crippen LogP contribution in [0.2, 0.25) is 0 Å². The van der Waals surface area contributed by atoms with E-state index in [0.29, 0.717) is 0 Å². The first-order valence-corrected chi connectivity index (χ1v) is 3.06. The van der Waals surface area contributed by atoms with Crippen LogP contribution in [0.5, 0.6) is 0 Å². The fourth-order valence-corrected chi connectivity index (χ4v) is 0.568. The Bertz CT molecular complexity index is 143. The van der Waals surface area contributed by atoms with E-state index in [4.69, 9.17) is 0 Å². The number of carbonyl (C=O) groups is 1. The van der Waals surface area contributed by atoms with Gasteiger partial charge < -0.3 is 0 Å². The van der Waals surface area contributed by atoms with Gasteiger partial charge in [0.1, 0.15) is 0 Å². The van der Waals surface area contributed by atoms with E-state index in [-0.39, 0.29) is 5.78 Å². The highest BCUT2D eigenvalue weighted by atomic mass is 16.1. The fourth-order valence-electron chi connectivity index (χ4n) is 0.568. The van der Waals surface area contributed by atoms with Gasteiger partial charge >= 0.3 is 0 Å². The van der Waals surface area contributed by atoms with Crippen LogP contribution in [0.3, 0.4) is 0 Å². The van der Waals surface area contributed by atoms with Crippen molar-refractivity contribution in [3.63, 3.8) is 0 Å². The molecule has 0 bridgehead atoms. The van der Waals surface area contributed by atoms with Crippen LogP contribution >= 0.6 is 0 Å². The average Bonchev–Trinajstić information content (AvgIpc) is 1.87. The second-order valence-corrected chi connectivity index (χ2v) is 1.86. The highest BCUT2D eigenvalue weighted by Crippen LogP contribution is 1.96. The summed E-state index contributed by atoms with van der Waals surface area (Å²) in [6.07, 6.45) is 4.14. The van der Waals surface area contributed by atoms with E-state index < -0.39 is 0 Å². The van der Waals surface area contributed by atoms with Gasteiger partial charge in [-0.25, -0.2) is 0 Å². The van der Waals surface area contributed by atoms with Crippen LogP contribution in [-0.4, -0.2) is 5.78 Å². The molecule has 0 amide bonds.